The summed E-state index contributed by atoms with van der Waals surface area (Å²) in [5.41, 5.74) is 0. The number of rotatable bonds is 6. The minimum Gasteiger partial charge on any atom is -0.380 e. The average Bonchev–Trinajstić information content (AvgIpc) is 2.89. The summed E-state index contributed by atoms with van der Waals surface area (Å²) < 4.78 is 5.40. The van der Waals surface area contributed by atoms with E-state index in [0.717, 1.165) is 52.0 Å². The van der Waals surface area contributed by atoms with Crippen LogP contribution in [0.3, 0.4) is 0 Å². The molecule has 1 amide bonds. The normalized spacial score (nSPS) is 25.6. The van der Waals surface area contributed by atoms with Gasteiger partial charge in [0.2, 0.25) is 5.91 Å². The summed E-state index contributed by atoms with van der Waals surface area (Å²) in [7, 11) is 0. The first kappa shape index (κ1) is 14.8. The van der Waals surface area contributed by atoms with E-state index in [1.54, 1.807) is 0 Å². The third-order valence-electron chi connectivity index (χ3n) is 4.34. The van der Waals surface area contributed by atoms with Crippen molar-refractivity contribution in [3.05, 3.63) is 0 Å². The third kappa shape index (κ3) is 4.46. The van der Waals surface area contributed by atoms with E-state index in [0.29, 0.717) is 6.04 Å². The van der Waals surface area contributed by atoms with Gasteiger partial charge in [0.1, 0.15) is 0 Å². The number of amides is 1. The zero-order chi connectivity index (χ0) is 13.5. The Morgan fingerprint density at radius 1 is 1.21 bits per heavy atom. The molecule has 0 unspecified atom stereocenters. The van der Waals surface area contributed by atoms with E-state index < -0.39 is 0 Å². The van der Waals surface area contributed by atoms with Crippen LogP contribution in [-0.2, 0) is 9.53 Å². The van der Waals surface area contributed by atoms with Crippen molar-refractivity contribution in [3.8, 4) is 0 Å². The molecule has 0 bridgehead atoms. The molecule has 110 valence electrons. The first-order valence-electron chi connectivity index (χ1n) is 7.93. The quantitative estimate of drug-likeness (QED) is 0.749. The molecule has 4 nitrogen and oxygen atoms in total. The van der Waals surface area contributed by atoms with Gasteiger partial charge in [0.25, 0.3) is 0 Å². The second-order valence-electron chi connectivity index (χ2n) is 5.73. The summed E-state index contributed by atoms with van der Waals surface area (Å²) in [6.07, 6.45) is 8.33. The summed E-state index contributed by atoms with van der Waals surface area (Å²) >= 11 is 0. The first-order valence-corrected chi connectivity index (χ1v) is 7.93. The molecule has 0 aromatic rings. The minimum atomic E-state index is 0.0855. The van der Waals surface area contributed by atoms with Gasteiger partial charge in [-0.2, -0.15) is 0 Å². The molecule has 19 heavy (non-hydrogen) atoms. The van der Waals surface area contributed by atoms with E-state index in [9.17, 15) is 4.79 Å². The van der Waals surface area contributed by atoms with E-state index >= 15 is 0 Å². The highest BCUT2D eigenvalue weighted by atomic mass is 16.5. The van der Waals surface area contributed by atoms with E-state index in [-0.39, 0.29) is 11.9 Å². The number of carbonyl (C=O) groups is 1. The van der Waals surface area contributed by atoms with Crippen LogP contribution in [0.1, 0.15) is 51.9 Å². The van der Waals surface area contributed by atoms with Crippen molar-refractivity contribution in [2.75, 3.05) is 26.3 Å². The van der Waals surface area contributed by atoms with E-state index in [1.165, 1.54) is 19.3 Å². The smallest absolute Gasteiger partial charge is 0.237 e. The summed E-state index contributed by atoms with van der Waals surface area (Å²) in [4.78, 5) is 14.6. The lowest BCUT2D eigenvalue weighted by Crippen LogP contribution is -2.48. The molecule has 1 aliphatic heterocycles. The Kier molecular flexibility index (Phi) is 6.11. The summed E-state index contributed by atoms with van der Waals surface area (Å²) in [6.45, 7) is 5.43. The molecule has 1 N–H and O–H groups in total. The fourth-order valence-corrected chi connectivity index (χ4v) is 3.26. The van der Waals surface area contributed by atoms with E-state index in [4.69, 9.17) is 4.74 Å². The van der Waals surface area contributed by atoms with Gasteiger partial charge in [0.05, 0.1) is 12.6 Å². The average molecular weight is 268 g/mol. The first-order chi connectivity index (χ1) is 9.31. The molecule has 0 spiro atoms. The number of nitrogens with one attached hydrogen (secondary N) is 1. The third-order valence-corrected chi connectivity index (χ3v) is 4.34. The zero-order valence-electron chi connectivity index (χ0n) is 12.2. The molecule has 0 aromatic carbocycles. The van der Waals surface area contributed by atoms with Crippen molar-refractivity contribution in [2.45, 2.75) is 64.0 Å². The van der Waals surface area contributed by atoms with Gasteiger partial charge in [0.15, 0.2) is 0 Å². The van der Waals surface area contributed by atoms with Crippen LogP contribution in [0, 0.1) is 0 Å². The van der Waals surface area contributed by atoms with Crippen LogP contribution in [0.2, 0.25) is 0 Å². The van der Waals surface area contributed by atoms with Crippen molar-refractivity contribution in [1.82, 2.24) is 10.2 Å². The predicted molar refractivity (Wildman–Crippen MR) is 76.1 cm³/mol. The molecule has 2 aliphatic rings. The Bertz CT molecular complexity index is 277. The Hall–Kier alpha value is -0.610. The van der Waals surface area contributed by atoms with Crippen LogP contribution in [-0.4, -0.2) is 49.2 Å². The zero-order valence-corrected chi connectivity index (χ0v) is 12.2. The van der Waals surface area contributed by atoms with Crippen LogP contribution in [0.15, 0.2) is 0 Å². The van der Waals surface area contributed by atoms with Crippen molar-refractivity contribution >= 4 is 5.91 Å². The molecule has 4 heteroatoms. The highest BCUT2D eigenvalue weighted by Crippen LogP contribution is 2.20. The summed E-state index contributed by atoms with van der Waals surface area (Å²) in [5, 5.41) is 3.26. The van der Waals surface area contributed by atoms with Crippen molar-refractivity contribution in [3.63, 3.8) is 0 Å². The van der Waals surface area contributed by atoms with Gasteiger partial charge < -0.3 is 10.1 Å². The molecule has 1 aliphatic carbocycles. The Balaban J connectivity index is 1.76. The van der Waals surface area contributed by atoms with Gasteiger partial charge in [0, 0.05) is 19.2 Å². The second kappa shape index (κ2) is 7.85. The standard InChI is InChI=1S/C15H28N2O2/c1-2-19-12-11-17-10-6-9-14(17)15(18)16-13-7-4-3-5-8-13/h13-14H,2-12H2,1H3,(H,16,18)/t14-/m1/s1. The molecule has 0 radical (unpaired) electrons. The minimum absolute atomic E-state index is 0.0855. The largest absolute Gasteiger partial charge is 0.380 e. The fraction of sp³-hybridized carbons (Fsp3) is 0.933. The second-order valence-corrected chi connectivity index (χ2v) is 5.73. The Morgan fingerprint density at radius 3 is 2.74 bits per heavy atom. The maximum atomic E-state index is 12.4. The lowest BCUT2D eigenvalue weighted by molar-refractivity contribution is -0.126. The maximum Gasteiger partial charge on any atom is 0.237 e. The number of ether oxygens (including phenoxy) is 1. The molecule has 1 atom stereocenters. The molecule has 0 aromatic heterocycles. The topological polar surface area (TPSA) is 41.6 Å². The molecule has 1 saturated heterocycles. The van der Waals surface area contributed by atoms with Gasteiger partial charge in [-0.05, 0) is 39.2 Å². The lowest BCUT2D eigenvalue weighted by atomic mass is 9.95. The molecule has 1 heterocycles. The van der Waals surface area contributed by atoms with Crippen molar-refractivity contribution in [2.24, 2.45) is 0 Å². The number of hydrogen-bond donors (Lipinski definition) is 1. The fourth-order valence-electron chi connectivity index (χ4n) is 3.26. The molecular formula is C15H28N2O2. The number of carbonyl (C=O) groups excluding carboxylic acids is 1. The number of likely N-dealkylation sites (tertiary alicyclic amines) is 1. The number of nitrogens with zero attached hydrogens (tertiary/aromatic N) is 1. The van der Waals surface area contributed by atoms with Gasteiger partial charge in [-0.1, -0.05) is 19.3 Å². The van der Waals surface area contributed by atoms with Crippen LogP contribution < -0.4 is 5.32 Å². The van der Waals surface area contributed by atoms with Gasteiger partial charge in [-0.25, -0.2) is 0 Å². The van der Waals surface area contributed by atoms with E-state index in [2.05, 4.69) is 10.2 Å². The molecule has 2 fully saturated rings. The van der Waals surface area contributed by atoms with Gasteiger partial charge >= 0.3 is 0 Å². The molecular weight excluding hydrogens is 240 g/mol. The molecule has 2 rings (SSSR count). The van der Waals surface area contributed by atoms with Crippen molar-refractivity contribution < 1.29 is 9.53 Å². The lowest BCUT2D eigenvalue weighted by Gasteiger charge is -2.28. The van der Waals surface area contributed by atoms with Crippen molar-refractivity contribution in [1.29, 1.82) is 0 Å². The van der Waals surface area contributed by atoms with Gasteiger partial charge in [-0.3, -0.25) is 9.69 Å². The van der Waals surface area contributed by atoms with Crippen LogP contribution in [0.5, 0.6) is 0 Å². The highest BCUT2D eigenvalue weighted by Gasteiger charge is 2.31. The maximum absolute atomic E-state index is 12.4. The molecule has 1 saturated carbocycles. The van der Waals surface area contributed by atoms with Crippen LogP contribution >= 0.6 is 0 Å². The number of hydrogen-bond acceptors (Lipinski definition) is 3. The van der Waals surface area contributed by atoms with Crippen LogP contribution in [0.25, 0.3) is 0 Å². The predicted octanol–water partition coefficient (Wildman–Crippen LogP) is 1.94. The SMILES string of the molecule is CCOCCN1CCC[C@@H]1C(=O)NC1CCCCC1. The summed E-state index contributed by atoms with van der Waals surface area (Å²) in [6, 6.07) is 0.512. The monoisotopic (exact) mass is 268 g/mol. The van der Waals surface area contributed by atoms with Crippen LogP contribution in [0.4, 0.5) is 0 Å². The summed E-state index contributed by atoms with van der Waals surface area (Å²) in [5.74, 6) is 0.251. The van der Waals surface area contributed by atoms with E-state index in [1.807, 2.05) is 6.92 Å². The van der Waals surface area contributed by atoms with Gasteiger partial charge in [-0.15, -0.1) is 0 Å². The highest BCUT2D eigenvalue weighted by molar-refractivity contribution is 5.82. The Morgan fingerprint density at radius 2 is 2.00 bits per heavy atom. The Labute approximate surface area is 116 Å².